The molecule has 2 aromatic heterocycles. The Balaban J connectivity index is 2.15. The van der Waals surface area contributed by atoms with Gasteiger partial charge in [0, 0.05) is 23.5 Å². The normalized spacial score (nSPS) is 10.9. The van der Waals surface area contributed by atoms with Crippen LogP contribution in [0.1, 0.15) is 5.56 Å². The molecule has 0 aliphatic heterocycles. The molecule has 0 saturated heterocycles. The van der Waals surface area contributed by atoms with E-state index in [-0.39, 0.29) is 11.6 Å². The first-order valence-corrected chi connectivity index (χ1v) is 7.76. The third-order valence-electron chi connectivity index (χ3n) is 4.17. The Morgan fingerprint density at radius 3 is 2.28 bits per heavy atom. The second-order valence-electron chi connectivity index (χ2n) is 5.64. The molecule has 0 saturated carbocycles. The summed E-state index contributed by atoms with van der Waals surface area (Å²) in [6.07, 6.45) is 3.78. The predicted octanol–water partition coefficient (Wildman–Crippen LogP) is 3.43. The van der Waals surface area contributed by atoms with Crippen LogP contribution in [0, 0.1) is 5.41 Å². The molecule has 0 amide bonds. The lowest BCUT2D eigenvalue weighted by molar-refractivity contribution is 0.234. The van der Waals surface area contributed by atoms with Crippen LogP contribution in [-0.4, -0.2) is 25.3 Å². The first kappa shape index (κ1) is 15.0. The molecule has 4 N–H and O–H groups in total. The van der Waals surface area contributed by atoms with E-state index in [9.17, 15) is 10.3 Å². The van der Waals surface area contributed by atoms with Gasteiger partial charge in [0.15, 0.2) is 5.84 Å². The number of nitrogens with zero attached hydrogens (tertiary/aromatic N) is 2. The zero-order chi connectivity index (χ0) is 17.4. The van der Waals surface area contributed by atoms with Crippen LogP contribution in [0.3, 0.4) is 0 Å². The van der Waals surface area contributed by atoms with Crippen molar-refractivity contribution < 1.29 is 10.3 Å². The zero-order valence-electron chi connectivity index (χ0n) is 13.2. The summed E-state index contributed by atoms with van der Waals surface area (Å²) in [5.74, 6) is 0.827. The lowest BCUT2D eigenvalue weighted by Gasteiger charge is -2.14. The Hall–Kier alpha value is -3.51. The Labute approximate surface area is 143 Å². The minimum absolute atomic E-state index is 0.0857. The van der Waals surface area contributed by atoms with Crippen LogP contribution in [-0.2, 0) is 0 Å². The van der Waals surface area contributed by atoms with E-state index in [0.717, 1.165) is 22.4 Å². The van der Waals surface area contributed by atoms with Crippen LogP contribution in [0.2, 0.25) is 0 Å². The number of phenolic OH excluding ortho intramolecular Hbond substituents is 1. The van der Waals surface area contributed by atoms with Crippen LogP contribution >= 0.6 is 0 Å². The van der Waals surface area contributed by atoms with Gasteiger partial charge in [0.1, 0.15) is 11.6 Å². The smallest absolute Gasteiger partial charge is 0.153 e. The molecule has 25 heavy (non-hydrogen) atoms. The van der Waals surface area contributed by atoms with Crippen molar-refractivity contribution in [3.63, 3.8) is 0 Å². The van der Waals surface area contributed by atoms with E-state index in [1.807, 2.05) is 75.5 Å². The van der Waals surface area contributed by atoms with Gasteiger partial charge in [0.25, 0.3) is 0 Å². The maximum absolute atomic E-state index is 9.61. The van der Waals surface area contributed by atoms with Crippen molar-refractivity contribution in [2.45, 2.75) is 0 Å². The monoisotopic (exact) mass is 332 g/mol. The second-order valence-corrected chi connectivity index (χ2v) is 5.64. The van der Waals surface area contributed by atoms with Gasteiger partial charge in [-0.2, -0.15) is 0 Å². The standard InChI is InChI=1S/C19H16N4O2/c20-18(21-25)17-15-5-1-2-6-16(15)23(13-7-9-14(24)10-8-13)19(17)22-11-3-4-12-22/h1-12,24-25H,(H2,20,21). The highest BCUT2D eigenvalue weighted by Crippen LogP contribution is 2.32. The Bertz CT molecular complexity index is 1050. The van der Waals surface area contributed by atoms with Gasteiger partial charge in [-0.25, -0.2) is 0 Å². The molecule has 0 atom stereocenters. The van der Waals surface area contributed by atoms with Gasteiger partial charge in [-0.3, -0.25) is 20.7 Å². The first-order valence-electron chi connectivity index (χ1n) is 7.76. The first-order chi connectivity index (χ1) is 12.2. The highest BCUT2D eigenvalue weighted by Gasteiger charge is 2.22. The van der Waals surface area contributed by atoms with E-state index in [1.165, 1.54) is 0 Å². The number of para-hydroxylation sites is 1. The number of aromatic hydroxyl groups is 1. The topological polar surface area (TPSA) is 86.2 Å². The van der Waals surface area contributed by atoms with E-state index in [0.29, 0.717) is 5.56 Å². The summed E-state index contributed by atoms with van der Waals surface area (Å²) >= 11 is 0. The summed E-state index contributed by atoms with van der Waals surface area (Å²) in [4.78, 5) is 0. The zero-order valence-corrected chi connectivity index (χ0v) is 13.2. The number of fused-ring (bicyclic) bond motifs is 1. The van der Waals surface area contributed by atoms with Crippen LogP contribution in [0.5, 0.6) is 5.75 Å². The number of nitrogens with one attached hydrogen (secondary N) is 2. The van der Waals surface area contributed by atoms with E-state index < -0.39 is 0 Å². The highest BCUT2D eigenvalue weighted by atomic mass is 16.5. The predicted molar refractivity (Wildman–Crippen MR) is 96.0 cm³/mol. The van der Waals surface area contributed by atoms with E-state index in [2.05, 4.69) is 0 Å². The molecule has 2 aromatic carbocycles. The molecular formula is C19H16N4O2. The van der Waals surface area contributed by atoms with Crippen molar-refractivity contribution in [2.75, 3.05) is 0 Å². The lowest BCUT2D eigenvalue weighted by atomic mass is 10.1. The van der Waals surface area contributed by atoms with E-state index >= 15 is 0 Å². The number of phenols is 1. The van der Waals surface area contributed by atoms with Gasteiger partial charge in [-0.05, 0) is 42.5 Å². The third kappa shape index (κ3) is 2.36. The molecule has 0 fully saturated rings. The van der Waals surface area contributed by atoms with Gasteiger partial charge in [-0.15, -0.1) is 0 Å². The third-order valence-corrected chi connectivity index (χ3v) is 4.17. The SMILES string of the molecule is N=C(NO)c1c(-n2cccc2)n(-c2ccc(O)cc2)c2ccccc12. The summed E-state index contributed by atoms with van der Waals surface area (Å²) < 4.78 is 3.89. The van der Waals surface area contributed by atoms with Crippen LogP contribution < -0.4 is 5.48 Å². The minimum Gasteiger partial charge on any atom is -0.508 e. The molecule has 4 rings (SSSR count). The Morgan fingerprint density at radius 2 is 1.60 bits per heavy atom. The minimum atomic E-state index is -0.0857. The fourth-order valence-electron chi connectivity index (χ4n) is 3.11. The van der Waals surface area contributed by atoms with E-state index in [1.54, 1.807) is 12.1 Å². The number of hydroxylamine groups is 1. The summed E-state index contributed by atoms with van der Waals surface area (Å²) in [6.45, 7) is 0. The fraction of sp³-hybridized carbons (Fsp3) is 0. The summed E-state index contributed by atoms with van der Waals surface area (Å²) in [6, 6.07) is 18.4. The average Bonchev–Trinajstić information content (AvgIpc) is 3.27. The van der Waals surface area contributed by atoms with Crippen molar-refractivity contribution in [3.05, 3.63) is 78.6 Å². The van der Waals surface area contributed by atoms with Crippen molar-refractivity contribution in [1.82, 2.24) is 14.6 Å². The molecule has 0 aliphatic rings. The molecule has 6 heteroatoms. The largest absolute Gasteiger partial charge is 0.508 e. The summed E-state index contributed by atoms with van der Waals surface area (Å²) in [5, 5.41) is 28.0. The molecule has 0 aliphatic carbocycles. The number of amidine groups is 1. The molecule has 0 bridgehead atoms. The maximum atomic E-state index is 9.61. The molecule has 0 radical (unpaired) electrons. The number of hydrogen-bond donors (Lipinski definition) is 4. The van der Waals surface area contributed by atoms with E-state index in [4.69, 9.17) is 5.41 Å². The van der Waals surface area contributed by atoms with Crippen LogP contribution in [0.25, 0.3) is 22.4 Å². The molecule has 0 spiro atoms. The van der Waals surface area contributed by atoms with Crippen molar-refractivity contribution in [2.24, 2.45) is 0 Å². The Morgan fingerprint density at radius 1 is 0.920 bits per heavy atom. The molecule has 2 heterocycles. The number of rotatable bonds is 3. The molecule has 4 aromatic rings. The molecule has 0 unspecified atom stereocenters. The number of benzene rings is 2. The van der Waals surface area contributed by atoms with Crippen LogP contribution in [0.15, 0.2) is 73.1 Å². The Kier molecular flexibility index (Phi) is 3.52. The van der Waals surface area contributed by atoms with Gasteiger partial charge >= 0.3 is 0 Å². The van der Waals surface area contributed by atoms with Crippen molar-refractivity contribution in [3.8, 4) is 17.3 Å². The molecule has 6 nitrogen and oxygen atoms in total. The van der Waals surface area contributed by atoms with Gasteiger partial charge < -0.3 is 9.67 Å². The van der Waals surface area contributed by atoms with Gasteiger partial charge in [-0.1, -0.05) is 18.2 Å². The van der Waals surface area contributed by atoms with Crippen molar-refractivity contribution in [1.29, 1.82) is 5.41 Å². The second kappa shape index (κ2) is 5.85. The van der Waals surface area contributed by atoms with Crippen molar-refractivity contribution >= 4 is 16.7 Å². The summed E-state index contributed by atoms with van der Waals surface area (Å²) in [5.41, 5.74) is 4.29. The van der Waals surface area contributed by atoms with Gasteiger partial charge in [0.05, 0.1) is 11.1 Å². The quantitative estimate of drug-likeness (QED) is 0.263. The lowest BCUT2D eigenvalue weighted by Crippen LogP contribution is -2.20. The average molecular weight is 332 g/mol. The molecule has 124 valence electrons. The fourth-order valence-corrected chi connectivity index (χ4v) is 3.11. The molecular weight excluding hydrogens is 316 g/mol. The van der Waals surface area contributed by atoms with Crippen LogP contribution in [0.4, 0.5) is 0 Å². The number of aromatic nitrogens is 2. The highest BCUT2D eigenvalue weighted by molar-refractivity contribution is 6.11. The number of hydrogen-bond acceptors (Lipinski definition) is 3. The summed E-state index contributed by atoms with van der Waals surface area (Å²) in [7, 11) is 0. The van der Waals surface area contributed by atoms with Gasteiger partial charge in [0.2, 0.25) is 0 Å². The maximum Gasteiger partial charge on any atom is 0.153 e.